The molecule has 0 spiro atoms. The van der Waals surface area contributed by atoms with Gasteiger partial charge >= 0.3 is 0 Å². The standard InChI is InChI=1S/C24H21N/c1-3-5-12-19(4-2)22-17-23(20-13-8-6-9-14-20)25-24(18-22)21-15-10-7-11-16-21/h3-18H,2H2,1H3/b5-3-,19-12+. The van der Waals surface area contributed by atoms with Crippen LogP contribution < -0.4 is 0 Å². The van der Waals surface area contributed by atoms with Gasteiger partial charge in [0.05, 0.1) is 11.4 Å². The first kappa shape index (κ1) is 16.7. The fraction of sp³-hybridized carbons (Fsp3) is 0.0417. The average molecular weight is 323 g/mol. The summed E-state index contributed by atoms with van der Waals surface area (Å²) in [6, 6.07) is 24.8. The second-order valence-corrected chi connectivity index (χ2v) is 5.71. The van der Waals surface area contributed by atoms with E-state index in [4.69, 9.17) is 4.98 Å². The summed E-state index contributed by atoms with van der Waals surface area (Å²) in [5, 5.41) is 0. The van der Waals surface area contributed by atoms with Crippen LogP contribution in [0.5, 0.6) is 0 Å². The molecular formula is C24H21N. The third kappa shape index (κ3) is 4.02. The lowest BCUT2D eigenvalue weighted by Crippen LogP contribution is -1.92. The first-order chi connectivity index (χ1) is 12.3. The molecule has 1 aromatic heterocycles. The summed E-state index contributed by atoms with van der Waals surface area (Å²) in [4.78, 5) is 4.89. The lowest BCUT2D eigenvalue weighted by molar-refractivity contribution is 1.31. The van der Waals surface area contributed by atoms with Gasteiger partial charge in [0.2, 0.25) is 0 Å². The molecule has 1 heteroatoms. The zero-order chi connectivity index (χ0) is 17.5. The maximum absolute atomic E-state index is 4.89. The Morgan fingerprint density at radius 3 is 1.80 bits per heavy atom. The van der Waals surface area contributed by atoms with Gasteiger partial charge in [-0.05, 0) is 30.2 Å². The molecule has 25 heavy (non-hydrogen) atoms. The fourth-order valence-corrected chi connectivity index (χ4v) is 2.69. The van der Waals surface area contributed by atoms with E-state index in [0.29, 0.717) is 0 Å². The van der Waals surface area contributed by atoms with E-state index in [1.54, 1.807) is 0 Å². The molecule has 3 aromatic rings. The number of allylic oxidation sites excluding steroid dienone is 5. The zero-order valence-corrected chi connectivity index (χ0v) is 14.4. The van der Waals surface area contributed by atoms with Crippen molar-refractivity contribution in [3.05, 3.63) is 109 Å². The van der Waals surface area contributed by atoms with Crippen molar-refractivity contribution in [2.45, 2.75) is 6.92 Å². The Bertz CT molecular complexity index is 846. The number of hydrogen-bond acceptors (Lipinski definition) is 1. The van der Waals surface area contributed by atoms with Crippen LogP contribution in [0.3, 0.4) is 0 Å². The molecule has 0 fully saturated rings. The topological polar surface area (TPSA) is 12.9 Å². The van der Waals surface area contributed by atoms with Gasteiger partial charge in [-0.2, -0.15) is 0 Å². The monoisotopic (exact) mass is 323 g/mol. The molecule has 0 amide bonds. The summed E-state index contributed by atoms with van der Waals surface area (Å²) >= 11 is 0. The Hall–Kier alpha value is -3.19. The third-order valence-electron chi connectivity index (χ3n) is 3.99. The number of nitrogens with zero attached hydrogens (tertiary/aromatic N) is 1. The molecule has 3 rings (SSSR count). The zero-order valence-electron chi connectivity index (χ0n) is 14.4. The van der Waals surface area contributed by atoms with Crippen LogP contribution in [-0.4, -0.2) is 4.98 Å². The van der Waals surface area contributed by atoms with Gasteiger partial charge in [-0.3, -0.25) is 0 Å². The van der Waals surface area contributed by atoms with Crippen molar-refractivity contribution in [2.24, 2.45) is 0 Å². The number of aromatic nitrogens is 1. The third-order valence-corrected chi connectivity index (χ3v) is 3.99. The minimum absolute atomic E-state index is 0.963. The smallest absolute Gasteiger partial charge is 0.0715 e. The van der Waals surface area contributed by atoms with Gasteiger partial charge in [0.15, 0.2) is 0 Å². The van der Waals surface area contributed by atoms with Gasteiger partial charge in [-0.1, -0.05) is 91.5 Å². The summed E-state index contributed by atoms with van der Waals surface area (Å²) in [6.45, 7) is 5.98. The van der Waals surface area contributed by atoms with Gasteiger partial charge < -0.3 is 0 Å². The van der Waals surface area contributed by atoms with Crippen LogP contribution in [0.25, 0.3) is 28.1 Å². The lowest BCUT2D eigenvalue weighted by atomic mass is 9.99. The van der Waals surface area contributed by atoms with E-state index in [9.17, 15) is 0 Å². The minimum atomic E-state index is 0.963. The molecule has 0 aliphatic carbocycles. The van der Waals surface area contributed by atoms with Crippen molar-refractivity contribution in [2.75, 3.05) is 0 Å². The highest BCUT2D eigenvalue weighted by Crippen LogP contribution is 2.28. The second kappa shape index (κ2) is 8.07. The molecule has 2 aromatic carbocycles. The van der Waals surface area contributed by atoms with Crippen LogP contribution in [0, 0.1) is 0 Å². The Morgan fingerprint density at radius 1 is 0.840 bits per heavy atom. The summed E-state index contributed by atoms with van der Waals surface area (Å²) < 4.78 is 0. The van der Waals surface area contributed by atoms with Crippen molar-refractivity contribution in [1.29, 1.82) is 0 Å². The Balaban J connectivity index is 2.20. The van der Waals surface area contributed by atoms with Crippen molar-refractivity contribution in [1.82, 2.24) is 4.98 Å². The molecule has 0 unspecified atom stereocenters. The fourth-order valence-electron chi connectivity index (χ4n) is 2.69. The van der Waals surface area contributed by atoms with Crippen molar-refractivity contribution in [3.63, 3.8) is 0 Å². The van der Waals surface area contributed by atoms with E-state index < -0.39 is 0 Å². The van der Waals surface area contributed by atoms with Crippen molar-refractivity contribution in [3.8, 4) is 22.5 Å². The van der Waals surface area contributed by atoms with Crippen LogP contribution in [0.4, 0.5) is 0 Å². The molecule has 0 saturated heterocycles. The summed E-state index contributed by atoms with van der Waals surface area (Å²) in [6.07, 6.45) is 8.01. The Labute approximate surface area is 149 Å². The average Bonchev–Trinajstić information content (AvgIpc) is 2.70. The molecule has 0 atom stereocenters. The number of rotatable bonds is 5. The summed E-state index contributed by atoms with van der Waals surface area (Å²) in [5.74, 6) is 0. The molecule has 0 aliphatic rings. The van der Waals surface area contributed by atoms with Gasteiger partial charge in [-0.25, -0.2) is 4.98 Å². The maximum atomic E-state index is 4.89. The predicted octanol–water partition coefficient (Wildman–Crippen LogP) is 6.56. The van der Waals surface area contributed by atoms with E-state index >= 15 is 0 Å². The molecule has 0 radical (unpaired) electrons. The van der Waals surface area contributed by atoms with Crippen LogP contribution in [0.2, 0.25) is 0 Å². The highest BCUT2D eigenvalue weighted by molar-refractivity contribution is 5.80. The highest BCUT2D eigenvalue weighted by Gasteiger charge is 2.08. The van der Waals surface area contributed by atoms with Crippen LogP contribution in [0.1, 0.15) is 12.5 Å². The molecule has 0 N–H and O–H groups in total. The molecule has 122 valence electrons. The number of hydrogen-bond donors (Lipinski definition) is 0. The van der Waals surface area contributed by atoms with Crippen LogP contribution in [0.15, 0.2) is 104 Å². The van der Waals surface area contributed by atoms with Crippen molar-refractivity contribution >= 4 is 5.57 Å². The predicted molar refractivity (Wildman–Crippen MR) is 108 cm³/mol. The minimum Gasteiger partial charge on any atom is -0.248 e. The van der Waals surface area contributed by atoms with Gasteiger partial charge in [0, 0.05) is 11.1 Å². The first-order valence-electron chi connectivity index (χ1n) is 8.40. The summed E-state index contributed by atoms with van der Waals surface area (Å²) in [5.41, 5.74) is 6.33. The molecular weight excluding hydrogens is 302 g/mol. The number of pyridine rings is 1. The van der Waals surface area contributed by atoms with E-state index in [0.717, 1.165) is 33.7 Å². The maximum Gasteiger partial charge on any atom is 0.0715 e. The number of benzene rings is 2. The molecule has 0 bridgehead atoms. The first-order valence-corrected chi connectivity index (χ1v) is 8.40. The second-order valence-electron chi connectivity index (χ2n) is 5.71. The van der Waals surface area contributed by atoms with Gasteiger partial charge in [0.1, 0.15) is 0 Å². The molecule has 1 heterocycles. The van der Waals surface area contributed by atoms with Crippen molar-refractivity contribution < 1.29 is 0 Å². The molecule has 0 aliphatic heterocycles. The van der Waals surface area contributed by atoms with Gasteiger partial charge in [0.25, 0.3) is 0 Å². The Morgan fingerprint density at radius 2 is 1.36 bits per heavy atom. The molecule has 0 saturated carbocycles. The SMILES string of the molecule is C=C/C(=C\C=C/C)c1cc(-c2ccccc2)nc(-c2ccccc2)c1. The van der Waals surface area contributed by atoms with E-state index in [2.05, 4.69) is 49.1 Å². The van der Waals surface area contributed by atoms with Crippen LogP contribution in [-0.2, 0) is 0 Å². The van der Waals surface area contributed by atoms with Crippen LogP contribution >= 0.6 is 0 Å². The van der Waals surface area contributed by atoms with Gasteiger partial charge in [-0.15, -0.1) is 0 Å². The van der Waals surface area contributed by atoms with E-state index in [1.165, 1.54) is 0 Å². The normalized spacial score (nSPS) is 11.6. The Kier molecular flexibility index (Phi) is 5.38. The largest absolute Gasteiger partial charge is 0.248 e. The molecule has 1 nitrogen and oxygen atoms in total. The van der Waals surface area contributed by atoms with E-state index in [1.807, 2.05) is 61.5 Å². The van der Waals surface area contributed by atoms with E-state index in [-0.39, 0.29) is 0 Å². The summed E-state index contributed by atoms with van der Waals surface area (Å²) in [7, 11) is 0. The lowest BCUT2D eigenvalue weighted by Gasteiger charge is -2.10. The quantitative estimate of drug-likeness (QED) is 0.484. The highest BCUT2D eigenvalue weighted by atomic mass is 14.7.